The molecule has 0 bridgehead atoms. The topological polar surface area (TPSA) is 15.3 Å². The number of hydrogen-bond acceptors (Lipinski definition) is 3. The van der Waals surface area contributed by atoms with Crippen LogP contribution in [0.5, 0.6) is 0 Å². The Hall–Kier alpha value is 0.270. The summed E-state index contributed by atoms with van der Waals surface area (Å²) in [5.74, 6) is 1.26. The Labute approximate surface area is 125 Å². The maximum Gasteiger partial charge on any atom is 0.00694 e. The summed E-state index contributed by atoms with van der Waals surface area (Å²) in [6.07, 6.45) is 12.1. The number of nitrogens with zero attached hydrogens (tertiary/aromatic N) is 1. The summed E-state index contributed by atoms with van der Waals surface area (Å²) in [6, 6.07) is 0. The van der Waals surface area contributed by atoms with E-state index in [1.165, 1.54) is 76.9 Å². The maximum absolute atomic E-state index is 3.70. The molecule has 0 spiro atoms. The predicted molar refractivity (Wildman–Crippen MR) is 89.2 cm³/mol. The van der Waals surface area contributed by atoms with Crippen LogP contribution < -0.4 is 5.32 Å². The van der Waals surface area contributed by atoms with Gasteiger partial charge in [0.2, 0.25) is 0 Å². The number of rotatable bonds is 9. The monoisotopic (exact) mass is 286 g/mol. The summed E-state index contributed by atoms with van der Waals surface area (Å²) in [4.78, 5) is 2.56. The highest BCUT2D eigenvalue weighted by Gasteiger charge is 2.31. The molecule has 0 atom stereocenters. The molecule has 0 aromatic carbocycles. The van der Waals surface area contributed by atoms with Gasteiger partial charge in [-0.05, 0) is 44.5 Å². The molecular weight excluding hydrogens is 252 g/mol. The van der Waals surface area contributed by atoms with Crippen molar-refractivity contribution in [2.75, 3.05) is 45.2 Å². The average Bonchev–Trinajstić information content (AvgIpc) is 2.63. The van der Waals surface area contributed by atoms with Gasteiger partial charge in [-0.1, -0.05) is 32.6 Å². The van der Waals surface area contributed by atoms with Crippen molar-refractivity contribution in [3.8, 4) is 0 Å². The van der Waals surface area contributed by atoms with Crippen molar-refractivity contribution >= 4 is 11.8 Å². The van der Waals surface area contributed by atoms with Crippen LogP contribution in [0.3, 0.4) is 0 Å². The lowest BCUT2D eigenvalue weighted by Gasteiger charge is -2.37. The fraction of sp³-hybridized carbons (Fsp3) is 1.00. The molecule has 114 valence electrons. The van der Waals surface area contributed by atoms with Gasteiger partial charge in [-0.15, -0.1) is 0 Å². The van der Waals surface area contributed by atoms with Crippen LogP contribution in [0.4, 0.5) is 0 Å². The molecule has 0 unspecified atom stereocenters. The first-order valence-electron chi connectivity index (χ1n) is 8.11. The van der Waals surface area contributed by atoms with Gasteiger partial charge in [0.05, 0.1) is 0 Å². The van der Waals surface area contributed by atoms with Crippen molar-refractivity contribution in [3.05, 3.63) is 0 Å². The lowest BCUT2D eigenvalue weighted by Crippen LogP contribution is -2.43. The zero-order valence-corrected chi connectivity index (χ0v) is 14.2. The molecule has 1 N–H and O–H groups in total. The van der Waals surface area contributed by atoms with Gasteiger partial charge in [0.1, 0.15) is 0 Å². The van der Waals surface area contributed by atoms with E-state index in [9.17, 15) is 0 Å². The Morgan fingerprint density at radius 2 is 1.84 bits per heavy atom. The lowest BCUT2D eigenvalue weighted by molar-refractivity contribution is 0.151. The Morgan fingerprint density at radius 3 is 2.42 bits per heavy atom. The van der Waals surface area contributed by atoms with E-state index in [1.807, 2.05) is 11.8 Å². The minimum atomic E-state index is 0.541. The molecule has 1 fully saturated rings. The first-order valence-corrected chi connectivity index (χ1v) is 9.50. The Balaban J connectivity index is 2.51. The minimum Gasteiger partial charge on any atom is -0.316 e. The van der Waals surface area contributed by atoms with Gasteiger partial charge in [0, 0.05) is 25.4 Å². The van der Waals surface area contributed by atoms with Gasteiger partial charge >= 0.3 is 0 Å². The van der Waals surface area contributed by atoms with Crippen LogP contribution in [-0.2, 0) is 0 Å². The van der Waals surface area contributed by atoms with Crippen LogP contribution in [0, 0.1) is 5.41 Å². The van der Waals surface area contributed by atoms with E-state index in [0.29, 0.717) is 5.41 Å². The third kappa shape index (κ3) is 7.01. The van der Waals surface area contributed by atoms with Gasteiger partial charge in [0.15, 0.2) is 0 Å². The average molecular weight is 287 g/mol. The van der Waals surface area contributed by atoms with Gasteiger partial charge in [-0.3, -0.25) is 0 Å². The second-order valence-corrected chi connectivity index (χ2v) is 7.31. The zero-order valence-electron chi connectivity index (χ0n) is 13.3. The van der Waals surface area contributed by atoms with Crippen molar-refractivity contribution < 1.29 is 0 Å². The standard InChI is InChI=1S/C16H34N2S/c1-4-11-17-14-16(9-7-5-6-8-10-16)15-18(2)12-13-19-3/h17H,4-15H2,1-3H3. The van der Waals surface area contributed by atoms with Crippen molar-refractivity contribution in [1.82, 2.24) is 10.2 Å². The second kappa shape index (κ2) is 10.1. The molecule has 0 amide bonds. The number of thioether (sulfide) groups is 1. The summed E-state index contributed by atoms with van der Waals surface area (Å²) >= 11 is 1.96. The van der Waals surface area contributed by atoms with E-state index in [2.05, 4.69) is 30.4 Å². The molecule has 1 aliphatic rings. The smallest absolute Gasteiger partial charge is 0.00694 e. The van der Waals surface area contributed by atoms with Crippen molar-refractivity contribution in [2.45, 2.75) is 51.9 Å². The summed E-state index contributed by atoms with van der Waals surface area (Å²) in [5.41, 5.74) is 0.541. The molecule has 2 nitrogen and oxygen atoms in total. The number of hydrogen-bond donors (Lipinski definition) is 1. The Kier molecular flexibility index (Phi) is 9.17. The fourth-order valence-electron chi connectivity index (χ4n) is 3.30. The Morgan fingerprint density at radius 1 is 1.16 bits per heavy atom. The SMILES string of the molecule is CCCNCC1(CN(C)CCSC)CCCCCC1. The molecule has 0 aromatic heterocycles. The molecule has 1 aliphatic carbocycles. The molecule has 0 saturated heterocycles. The molecular formula is C16H34N2S. The zero-order chi connectivity index (χ0) is 14.0. The van der Waals surface area contributed by atoms with Gasteiger partial charge in [0.25, 0.3) is 0 Å². The van der Waals surface area contributed by atoms with Crippen LogP contribution in [0.25, 0.3) is 0 Å². The first-order chi connectivity index (χ1) is 9.22. The van der Waals surface area contributed by atoms with E-state index >= 15 is 0 Å². The molecule has 1 rings (SSSR count). The van der Waals surface area contributed by atoms with E-state index in [1.54, 1.807) is 0 Å². The third-order valence-corrected chi connectivity index (χ3v) is 4.96. The summed E-state index contributed by atoms with van der Waals surface area (Å²) in [7, 11) is 2.31. The molecule has 0 aromatic rings. The van der Waals surface area contributed by atoms with Crippen LogP contribution in [-0.4, -0.2) is 50.1 Å². The van der Waals surface area contributed by atoms with Crippen molar-refractivity contribution in [1.29, 1.82) is 0 Å². The normalized spacial score (nSPS) is 19.6. The highest BCUT2D eigenvalue weighted by atomic mass is 32.2. The molecule has 3 heteroatoms. The van der Waals surface area contributed by atoms with Crippen LogP contribution in [0.1, 0.15) is 51.9 Å². The maximum atomic E-state index is 3.70. The van der Waals surface area contributed by atoms with Crippen LogP contribution >= 0.6 is 11.8 Å². The molecule has 0 radical (unpaired) electrons. The van der Waals surface area contributed by atoms with Gasteiger partial charge in [-0.2, -0.15) is 11.8 Å². The summed E-state index contributed by atoms with van der Waals surface area (Å²) < 4.78 is 0. The number of nitrogens with one attached hydrogen (secondary N) is 1. The van der Waals surface area contributed by atoms with E-state index < -0.39 is 0 Å². The third-order valence-electron chi connectivity index (χ3n) is 4.37. The van der Waals surface area contributed by atoms with Gasteiger partial charge < -0.3 is 10.2 Å². The second-order valence-electron chi connectivity index (χ2n) is 6.32. The largest absolute Gasteiger partial charge is 0.316 e. The highest BCUT2D eigenvalue weighted by Crippen LogP contribution is 2.35. The summed E-state index contributed by atoms with van der Waals surface area (Å²) in [5, 5.41) is 3.70. The lowest BCUT2D eigenvalue weighted by atomic mass is 9.79. The van der Waals surface area contributed by atoms with Crippen LogP contribution in [0.15, 0.2) is 0 Å². The van der Waals surface area contributed by atoms with E-state index in [-0.39, 0.29) is 0 Å². The minimum absolute atomic E-state index is 0.541. The quantitative estimate of drug-likeness (QED) is 0.515. The van der Waals surface area contributed by atoms with Crippen LogP contribution in [0.2, 0.25) is 0 Å². The summed E-state index contributed by atoms with van der Waals surface area (Å²) in [6.45, 7) is 7.18. The molecule has 1 saturated carbocycles. The van der Waals surface area contributed by atoms with Crippen molar-refractivity contribution in [2.24, 2.45) is 5.41 Å². The molecule has 0 heterocycles. The highest BCUT2D eigenvalue weighted by molar-refractivity contribution is 7.98. The molecule has 19 heavy (non-hydrogen) atoms. The molecule has 0 aliphatic heterocycles. The fourth-order valence-corrected chi connectivity index (χ4v) is 3.79. The van der Waals surface area contributed by atoms with Crippen molar-refractivity contribution in [3.63, 3.8) is 0 Å². The van der Waals surface area contributed by atoms with E-state index in [0.717, 1.165) is 0 Å². The predicted octanol–water partition coefficient (Wildman–Crippen LogP) is 3.62. The Bertz CT molecular complexity index is 213. The van der Waals surface area contributed by atoms with Gasteiger partial charge in [-0.25, -0.2) is 0 Å². The van der Waals surface area contributed by atoms with E-state index in [4.69, 9.17) is 0 Å². The first kappa shape index (κ1) is 17.3.